The fraction of sp³-hybridized carbons (Fsp3) is 1.00. The summed E-state index contributed by atoms with van der Waals surface area (Å²) in [4.78, 5) is 0. The van der Waals surface area contributed by atoms with E-state index >= 15 is 0 Å². The molecular formula is C20H45OP. The van der Waals surface area contributed by atoms with Gasteiger partial charge in [0.05, 0.1) is 0 Å². The molecule has 0 aliphatic carbocycles. The van der Waals surface area contributed by atoms with Crippen LogP contribution in [0.3, 0.4) is 0 Å². The van der Waals surface area contributed by atoms with Crippen LogP contribution in [0.15, 0.2) is 0 Å². The third-order valence-corrected chi connectivity index (χ3v) is 5.67. The van der Waals surface area contributed by atoms with Crippen molar-refractivity contribution in [2.75, 3.05) is 19.5 Å². The fourth-order valence-corrected chi connectivity index (χ4v) is 3.83. The molecule has 2 N–H and O–H groups in total. The van der Waals surface area contributed by atoms with E-state index < -0.39 is 0 Å². The van der Waals surface area contributed by atoms with Crippen LogP contribution in [-0.2, 0) is 0 Å². The second-order valence-electron chi connectivity index (χ2n) is 7.11. The summed E-state index contributed by atoms with van der Waals surface area (Å²) in [5.41, 5.74) is 0. The molecule has 0 bridgehead atoms. The molecule has 0 spiro atoms. The second kappa shape index (κ2) is 21.4. The quantitative estimate of drug-likeness (QED) is 0.200. The van der Waals surface area contributed by atoms with E-state index in [1.807, 2.05) is 0 Å². The molecule has 1 nitrogen and oxygen atoms in total. The van der Waals surface area contributed by atoms with Crippen molar-refractivity contribution in [1.82, 2.24) is 0 Å². The molecule has 0 amide bonds. The predicted molar refractivity (Wildman–Crippen MR) is 107 cm³/mol. The largest absolute Gasteiger partial charge is 0.412 e. The van der Waals surface area contributed by atoms with Crippen LogP contribution in [0.2, 0.25) is 0 Å². The highest BCUT2D eigenvalue weighted by atomic mass is 31.1. The van der Waals surface area contributed by atoms with Gasteiger partial charge in [-0.05, 0) is 25.9 Å². The van der Waals surface area contributed by atoms with Crippen molar-refractivity contribution < 1.29 is 5.48 Å². The van der Waals surface area contributed by atoms with Crippen LogP contribution in [0.25, 0.3) is 0 Å². The highest BCUT2D eigenvalue weighted by Crippen LogP contribution is 2.26. The Morgan fingerprint density at radius 2 is 0.727 bits per heavy atom. The van der Waals surface area contributed by atoms with Gasteiger partial charge in [-0.2, -0.15) is 0 Å². The molecule has 0 saturated carbocycles. The number of unbranched alkanes of at least 4 members (excludes halogenated alkanes) is 15. The maximum absolute atomic E-state index is 2.40. The van der Waals surface area contributed by atoms with E-state index in [1.165, 1.54) is 109 Å². The normalized spacial score (nSPS) is 10.9. The summed E-state index contributed by atoms with van der Waals surface area (Å²) < 4.78 is 0. The Kier molecular flexibility index (Phi) is 24.0. The van der Waals surface area contributed by atoms with E-state index in [0.29, 0.717) is 7.92 Å². The topological polar surface area (TPSA) is 31.5 Å². The van der Waals surface area contributed by atoms with Gasteiger partial charge in [-0.15, -0.1) is 7.92 Å². The van der Waals surface area contributed by atoms with Crippen LogP contribution in [0, 0.1) is 0 Å². The minimum absolute atomic E-state index is 0. The first-order valence-corrected chi connectivity index (χ1v) is 12.3. The second-order valence-corrected chi connectivity index (χ2v) is 9.71. The Morgan fingerprint density at radius 1 is 0.455 bits per heavy atom. The van der Waals surface area contributed by atoms with E-state index in [1.54, 1.807) is 0 Å². The molecule has 0 atom stereocenters. The smallest absolute Gasteiger partial charge is 0.0331 e. The lowest BCUT2D eigenvalue weighted by Crippen LogP contribution is -1.85. The molecule has 0 rings (SSSR count). The van der Waals surface area contributed by atoms with E-state index in [-0.39, 0.29) is 5.48 Å². The third-order valence-electron chi connectivity index (χ3n) is 4.46. The van der Waals surface area contributed by atoms with Crippen molar-refractivity contribution in [3.05, 3.63) is 0 Å². The molecule has 0 radical (unpaired) electrons. The molecule has 0 aliphatic heterocycles. The fourth-order valence-electron chi connectivity index (χ4n) is 2.98. The maximum atomic E-state index is 2.40. The van der Waals surface area contributed by atoms with E-state index in [9.17, 15) is 0 Å². The lowest BCUT2D eigenvalue weighted by Gasteiger charge is -2.05. The standard InChI is InChI=1S/C20H43P.H2O/c1-4-5-6-7-8-9-10-11-12-13-14-15-16-17-18-19-20-21(2)3;/h4-20H2,1-3H3;1H2. The highest BCUT2D eigenvalue weighted by Gasteiger charge is 1.95. The molecule has 0 aliphatic rings. The third kappa shape index (κ3) is 22.7. The number of hydrogen-bond donors (Lipinski definition) is 0. The van der Waals surface area contributed by atoms with Crippen LogP contribution >= 0.6 is 7.92 Å². The molecule has 0 aromatic carbocycles. The summed E-state index contributed by atoms with van der Waals surface area (Å²) >= 11 is 0. The van der Waals surface area contributed by atoms with E-state index in [4.69, 9.17) is 0 Å². The van der Waals surface area contributed by atoms with Crippen LogP contribution in [-0.4, -0.2) is 25.0 Å². The van der Waals surface area contributed by atoms with E-state index in [0.717, 1.165) is 0 Å². The molecule has 0 unspecified atom stereocenters. The zero-order chi connectivity index (χ0) is 15.6. The van der Waals surface area contributed by atoms with E-state index in [2.05, 4.69) is 20.3 Å². The average Bonchev–Trinajstić information content (AvgIpc) is 2.46. The summed E-state index contributed by atoms with van der Waals surface area (Å²) in [6, 6.07) is 0. The van der Waals surface area contributed by atoms with Crippen molar-refractivity contribution in [2.24, 2.45) is 0 Å². The van der Waals surface area contributed by atoms with Crippen molar-refractivity contribution in [3.63, 3.8) is 0 Å². The molecule has 2 heteroatoms. The maximum Gasteiger partial charge on any atom is -0.0331 e. The van der Waals surface area contributed by atoms with Gasteiger partial charge in [0.15, 0.2) is 0 Å². The van der Waals surface area contributed by atoms with Gasteiger partial charge in [0.25, 0.3) is 0 Å². The van der Waals surface area contributed by atoms with Crippen molar-refractivity contribution in [3.8, 4) is 0 Å². The summed E-state index contributed by atoms with van der Waals surface area (Å²) in [7, 11) is 0.357. The van der Waals surface area contributed by atoms with Gasteiger partial charge in [0.2, 0.25) is 0 Å². The highest BCUT2D eigenvalue weighted by molar-refractivity contribution is 7.55. The molecule has 22 heavy (non-hydrogen) atoms. The average molecular weight is 333 g/mol. The SMILES string of the molecule is CCCCCCCCCCCCCCCCCCP(C)C.O. The summed E-state index contributed by atoms with van der Waals surface area (Å²) in [6.45, 7) is 7.10. The van der Waals surface area contributed by atoms with Crippen LogP contribution < -0.4 is 0 Å². The van der Waals surface area contributed by atoms with Crippen LogP contribution in [0.5, 0.6) is 0 Å². The first-order chi connectivity index (χ1) is 10.3. The van der Waals surface area contributed by atoms with Gasteiger partial charge < -0.3 is 5.48 Å². The molecule has 136 valence electrons. The molecule has 0 aromatic rings. The van der Waals surface area contributed by atoms with Gasteiger partial charge in [-0.1, -0.05) is 103 Å². The number of rotatable bonds is 17. The lowest BCUT2D eigenvalue weighted by atomic mass is 10.0. The Labute approximate surface area is 143 Å². The van der Waals surface area contributed by atoms with Crippen molar-refractivity contribution >= 4 is 7.92 Å². The van der Waals surface area contributed by atoms with Crippen molar-refractivity contribution in [1.29, 1.82) is 0 Å². The van der Waals surface area contributed by atoms with Gasteiger partial charge in [0, 0.05) is 0 Å². The minimum atomic E-state index is 0. The van der Waals surface area contributed by atoms with Crippen LogP contribution in [0.1, 0.15) is 110 Å². The van der Waals surface area contributed by atoms with Crippen LogP contribution in [0.4, 0.5) is 0 Å². The zero-order valence-corrected chi connectivity index (χ0v) is 16.9. The Morgan fingerprint density at radius 3 is 1.00 bits per heavy atom. The van der Waals surface area contributed by atoms with Crippen molar-refractivity contribution in [2.45, 2.75) is 110 Å². The van der Waals surface area contributed by atoms with Gasteiger partial charge in [0.1, 0.15) is 0 Å². The molecule has 0 heterocycles. The van der Waals surface area contributed by atoms with Gasteiger partial charge in [-0.3, -0.25) is 0 Å². The predicted octanol–water partition coefficient (Wildman–Crippen LogP) is 7.16. The summed E-state index contributed by atoms with van der Waals surface area (Å²) in [5.74, 6) is 0. The zero-order valence-electron chi connectivity index (χ0n) is 16.0. The minimum Gasteiger partial charge on any atom is -0.412 e. The van der Waals surface area contributed by atoms with Gasteiger partial charge >= 0.3 is 0 Å². The Bertz CT molecular complexity index is 183. The Balaban J connectivity index is 0. The lowest BCUT2D eigenvalue weighted by molar-refractivity contribution is 0.531. The molecule has 0 saturated heterocycles. The first-order valence-electron chi connectivity index (χ1n) is 9.92. The number of hydrogen-bond acceptors (Lipinski definition) is 0. The Hall–Kier alpha value is 0.390. The monoisotopic (exact) mass is 332 g/mol. The molecule has 0 aromatic heterocycles. The molecule has 0 fully saturated rings. The van der Waals surface area contributed by atoms with Gasteiger partial charge in [-0.25, -0.2) is 0 Å². The first kappa shape index (κ1) is 24.6. The summed E-state index contributed by atoms with van der Waals surface area (Å²) in [5, 5.41) is 0. The molecular weight excluding hydrogens is 287 g/mol. The summed E-state index contributed by atoms with van der Waals surface area (Å²) in [6.07, 6.45) is 25.1.